The normalized spacial score (nSPS) is 10.5. The van der Waals surface area contributed by atoms with Crippen molar-refractivity contribution < 1.29 is 4.74 Å². The average molecular weight is 276 g/mol. The van der Waals surface area contributed by atoms with Crippen LogP contribution in [0.25, 0.3) is 11.3 Å². The number of nitrogens with zero attached hydrogens (tertiary/aromatic N) is 1. The monoisotopic (exact) mass is 275 g/mol. The number of ether oxygens (including phenoxy) is 1. The highest BCUT2D eigenvalue weighted by atomic mass is 35.5. The van der Waals surface area contributed by atoms with Gasteiger partial charge in [-0.05, 0) is 37.1 Å². The lowest BCUT2D eigenvalue weighted by Gasteiger charge is -2.08. The van der Waals surface area contributed by atoms with Crippen LogP contribution in [0.2, 0.25) is 0 Å². The Hall–Kier alpha value is -1.54. The Kier molecular flexibility index (Phi) is 4.80. The third kappa shape index (κ3) is 3.48. The van der Waals surface area contributed by atoms with Crippen LogP contribution in [0.15, 0.2) is 36.4 Å². The number of pyridine rings is 1. The van der Waals surface area contributed by atoms with Crippen molar-refractivity contribution >= 4 is 11.6 Å². The van der Waals surface area contributed by atoms with Gasteiger partial charge in [0.15, 0.2) is 0 Å². The molecule has 2 aromatic rings. The fourth-order valence-corrected chi connectivity index (χ4v) is 2.14. The zero-order valence-corrected chi connectivity index (χ0v) is 12.1. The topological polar surface area (TPSA) is 22.1 Å². The Balaban J connectivity index is 2.28. The lowest BCUT2D eigenvalue weighted by molar-refractivity contribution is 0.317. The van der Waals surface area contributed by atoms with Gasteiger partial charge in [-0.1, -0.05) is 25.1 Å². The van der Waals surface area contributed by atoms with E-state index >= 15 is 0 Å². The molecule has 0 saturated carbocycles. The van der Waals surface area contributed by atoms with Crippen molar-refractivity contribution in [2.24, 2.45) is 0 Å². The van der Waals surface area contributed by atoms with Crippen LogP contribution < -0.4 is 4.74 Å². The molecule has 1 heterocycles. The predicted molar refractivity (Wildman–Crippen MR) is 79.8 cm³/mol. The van der Waals surface area contributed by atoms with Crippen LogP contribution >= 0.6 is 11.6 Å². The van der Waals surface area contributed by atoms with E-state index in [0.29, 0.717) is 5.88 Å². The zero-order chi connectivity index (χ0) is 13.7. The second-order valence-electron chi connectivity index (χ2n) is 4.45. The summed E-state index contributed by atoms with van der Waals surface area (Å²) in [5.41, 5.74) is 4.07. The number of rotatable bonds is 5. The molecular formula is C16H18ClNO. The van der Waals surface area contributed by atoms with Gasteiger partial charge >= 0.3 is 0 Å². The van der Waals surface area contributed by atoms with E-state index in [4.69, 9.17) is 16.3 Å². The van der Waals surface area contributed by atoms with Gasteiger partial charge in [-0.15, -0.1) is 11.6 Å². The Morgan fingerprint density at radius 3 is 2.74 bits per heavy atom. The molecule has 1 aromatic carbocycles. The Morgan fingerprint density at radius 1 is 1.21 bits per heavy atom. The van der Waals surface area contributed by atoms with E-state index in [-0.39, 0.29) is 0 Å². The maximum atomic E-state index is 5.85. The van der Waals surface area contributed by atoms with E-state index in [1.54, 1.807) is 0 Å². The van der Waals surface area contributed by atoms with Crippen LogP contribution in [0.1, 0.15) is 24.6 Å². The fraction of sp³-hybridized carbons (Fsp3) is 0.312. The first kappa shape index (κ1) is 13.9. The molecule has 0 atom stereocenters. The third-order valence-corrected chi connectivity index (χ3v) is 3.23. The van der Waals surface area contributed by atoms with Crippen molar-refractivity contribution in [1.29, 1.82) is 0 Å². The van der Waals surface area contributed by atoms with Gasteiger partial charge in [0.25, 0.3) is 0 Å². The minimum Gasteiger partial charge on any atom is -0.494 e. The SMILES string of the molecule is CCCOc1cccc(-c2ccc(CCl)c(C)n2)c1. The molecule has 0 radical (unpaired) electrons. The highest BCUT2D eigenvalue weighted by molar-refractivity contribution is 6.17. The van der Waals surface area contributed by atoms with Gasteiger partial charge in [0, 0.05) is 17.1 Å². The van der Waals surface area contributed by atoms with Gasteiger partial charge < -0.3 is 4.74 Å². The van der Waals surface area contributed by atoms with Crippen molar-refractivity contribution in [3.63, 3.8) is 0 Å². The van der Waals surface area contributed by atoms with Crippen molar-refractivity contribution in [3.8, 4) is 17.0 Å². The van der Waals surface area contributed by atoms with E-state index < -0.39 is 0 Å². The van der Waals surface area contributed by atoms with Crippen molar-refractivity contribution in [2.75, 3.05) is 6.61 Å². The first-order valence-electron chi connectivity index (χ1n) is 6.50. The second-order valence-corrected chi connectivity index (χ2v) is 4.72. The first-order chi connectivity index (χ1) is 9.24. The molecule has 0 aliphatic rings. The molecule has 0 fully saturated rings. The van der Waals surface area contributed by atoms with E-state index in [1.165, 1.54) is 0 Å². The molecule has 0 spiro atoms. The first-order valence-corrected chi connectivity index (χ1v) is 7.03. The summed E-state index contributed by atoms with van der Waals surface area (Å²) in [5, 5.41) is 0. The van der Waals surface area contributed by atoms with Crippen LogP contribution in [0.3, 0.4) is 0 Å². The summed E-state index contributed by atoms with van der Waals surface area (Å²) in [6.07, 6.45) is 1.01. The molecule has 0 amide bonds. The van der Waals surface area contributed by atoms with Gasteiger partial charge in [0.2, 0.25) is 0 Å². The third-order valence-electron chi connectivity index (χ3n) is 2.94. The summed E-state index contributed by atoms with van der Waals surface area (Å²) in [6.45, 7) is 4.82. The summed E-state index contributed by atoms with van der Waals surface area (Å²) in [6, 6.07) is 12.1. The number of halogens is 1. The zero-order valence-electron chi connectivity index (χ0n) is 11.3. The molecule has 2 rings (SSSR count). The van der Waals surface area contributed by atoms with Crippen molar-refractivity contribution in [3.05, 3.63) is 47.7 Å². The quantitative estimate of drug-likeness (QED) is 0.745. The van der Waals surface area contributed by atoms with E-state index in [1.807, 2.05) is 43.3 Å². The summed E-state index contributed by atoms with van der Waals surface area (Å²) in [7, 11) is 0. The van der Waals surface area contributed by atoms with Crippen LogP contribution in [0.4, 0.5) is 0 Å². The van der Waals surface area contributed by atoms with Gasteiger partial charge in [-0.25, -0.2) is 0 Å². The maximum Gasteiger partial charge on any atom is 0.119 e. The van der Waals surface area contributed by atoms with Crippen molar-refractivity contribution in [1.82, 2.24) is 4.98 Å². The van der Waals surface area contributed by atoms with Gasteiger partial charge in [-0.2, -0.15) is 0 Å². The van der Waals surface area contributed by atoms with Crippen LogP contribution in [0.5, 0.6) is 5.75 Å². The number of benzene rings is 1. The standard InChI is InChI=1S/C16H18ClNO/c1-3-9-19-15-6-4-5-13(10-15)16-8-7-14(11-17)12(2)18-16/h4-8,10H,3,9,11H2,1-2H3. The lowest BCUT2D eigenvalue weighted by Crippen LogP contribution is -1.96. The van der Waals surface area contributed by atoms with Crippen LogP contribution in [-0.2, 0) is 5.88 Å². The summed E-state index contributed by atoms with van der Waals surface area (Å²) < 4.78 is 5.64. The van der Waals surface area contributed by atoms with Crippen LogP contribution in [0, 0.1) is 6.92 Å². The van der Waals surface area contributed by atoms with Gasteiger partial charge in [0.05, 0.1) is 12.3 Å². The van der Waals surface area contributed by atoms with Crippen molar-refractivity contribution in [2.45, 2.75) is 26.1 Å². The summed E-state index contributed by atoms with van der Waals surface area (Å²) in [5.74, 6) is 1.39. The average Bonchev–Trinajstić information content (AvgIpc) is 2.45. The number of hydrogen-bond acceptors (Lipinski definition) is 2. The van der Waals surface area contributed by atoms with Crippen LogP contribution in [-0.4, -0.2) is 11.6 Å². The fourth-order valence-electron chi connectivity index (χ4n) is 1.86. The molecule has 19 heavy (non-hydrogen) atoms. The molecule has 1 aromatic heterocycles. The second kappa shape index (κ2) is 6.58. The minimum atomic E-state index is 0.499. The summed E-state index contributed by atoms with van der Waals surface area (Å²) in [4.78, 5) is 4.60. The molecule has 0 aliphatic carbocycles. The molecule has 0 saturated heterocycles. The van der Waals surface area contributed by atoms with E-state index in [2.05, 4.69) is 11.9 Å². The molecule has 0 unspecified atom stereocenters. The highest BCUT2D eigenvalue weighted by Crippen LogP contribution is 2.24. The van der Waals surface area contributed by atoms with Gasteiger partial charge in [-0.3, -0.25) is 4.98 Å². The smallest absolute Gasteiger partial charge is 0.119 e. The molecule has 100 valence electrons. The molecule has 0 aliphatic heterocycles. The van der Waals surface area contributed by atoms with E-state index in [9.17, 15) is 0 Å². The number of aryl methyl sites for hydroxylation is 1. The highest BCUT2D eigenvalue weighted by Gasteiger charge is 2.04. The maximum absolute atomic E-state index is 5.85. The number of alkyl halides is 1. The Labute approximate surface area is 119 Å². The molecule has 0 bridgehead atoms. The Morgan fingerprint density at radius 2 is 2.05 bits per heavy atom. The summed E-state index contributed by atoms with van der Waals surface area (Å²) >= 11 is 5.85. The molecule has 2 nitrogen and oxygen atoms in total. The molecule has 3 heteroatoms. The van der Waals surface area contributed by atoms with Gasteiger partial charge in [0.1, 0.15) is 5.75 Å². The molecular weight excluding hydrogens is 258 g/mol. The van der Waals surface area contributed by atoms with E-state index in [0.717, 1.165) is 41.3 Å². The number of aromatic nitrogens is 1. The number of hydrogen-bond donors (Lipinski definition) is 0. The minimum absolute atomic E-state index is 0.499. The predicted octanol–water partition coefficient (Wildman–Crippen LogP) is 4.58. The molecule has 0 N–H and O–H groups in total. The largest absolute Gasteiger partial charge is 0.494 e. The Bertz CT molecular complexity index is 554. The lowest BCUT2D eigenvalue weighted by atomic mass is 10.1.